The number of para-hydroxylation sites is 1. The monoisotopic (exact) mass is 218 g/mol. The maximum atomic E-state index is 10.6. The van der Waals surface area contributed by atoms with Crippen LogP contribution >= 0.6 is 0 Å². The predicted molar refractivity (Wildman–Crippen MR) is 62.4 cm³/mol. The topological polar surface area (TPSA) is 46.5 Å². The minimum Gasteiger partial charge on any atom is -0.482 e. The lowest BCUT2D eigenvalue weighted by Gasteiger charge is -2.12. The molecule has 0 fully saturated rings. The SMILES string of the molecule is C=CC(C=C(C)C(=O)O)Oc1ccccc1. The highest BCUT2D eigenvalue weighted by molar-refractivity contribution is 5.85. The van der Waals surface area contributed by atoms with E-state index < -0.39 is 12.1 Å². The summed E-state index contributed by atoms with van der Waals surface area (Å²) in [6.07, 6.45) is 2.64. The number of carboxylic acid groups (broad SMARTS) is 1. The van der Waals surface area contributed by atoms with E-state index in [0.717, 1.165) is 0 Å². The first-order chi connectivity index (χ1) is 7.63. The molecule has 1 aromatic carbocycles. The van der Waals surface area contributed by atoms with Gasteiger partial charge < -0.3 is 9.84 Å². The quantitative estimate of drug-likeness (QED) is 0.610. The van der Waals surface area contributed by atoms with E-state index in [1.54, 1.807) is 18.2 Å². The van der Waals surface area contributed by atoms with E-state index >= 15 is 0 Å². The van der Waals surface area contributed by atoms with Crippen LogP contribution in [0.1, 0.15) is 6.92 Å². The molecule has 1 rings (SSSR count). The van der Waals surface area contributed by atoms with Crippen molar-refractivity contribution in [3.63, 3.8) is 0 Å². The maximum Gasteiger partial charge on any atom is 0.331 e. The molecule has 1 aromatic rings. The zero-order chi connectivity index (χ0) is 12.0. The minimum absolute atomic E-state index is 0.237. The van der Waals surface area contributed by atoms with Crippen LogP contribution in [0.3, 0.4) is 0 Å². The molecule has 0 heterocycles. The number of rotatable bonds is 5. The number of carboxylic acids is 1. The van der Waals surface area contributed by atoms with Crippen molar-refractivity contribution in [1.29, 1.82) is 0 Å². The van der Waals surface area contributed by atoms with E-state index in [1.165, 1.54) is 13.0 Å². The summed E-state index contributed by atoms with van der Waals surface area (Å²) in [6.45, 7) is 5.13. The molecule has 0 aliphatic heterocycles. The normalized spacial score (nSPS) is 12.9. The highest BCUT2D eigenvalue weighted by Gasteiger charge is 2.06. The Balaban J connectivity index is 2.74. The highest BCUT2D eigenvalue weighted by Crippen LogP contribution is 2.12. The van der Waals surface area contributed by atoms with Crippen LogP contribution < -0.4 is 4.74 Å². The van der Waals surface area contributed by atoms with Gasteiger partial charge in [-0.1, -0.05) is 24.8 Å². The molecule has 0 aromatic heterocycles. The molecule has 0 bridgehead atoms. The lowest BCUT2D eigenvalue weighted by atomic mass is 10.2. The maximum absolute atomic E-state index is 10.6. The van der Waals surface area contributed by atoms with Crippen molar-refractivity contribution in [2.45, 2.75) is 13.0 Å². The van der Waals surface area contributed by atoms with Crippen LogP contribution in [0.5, 0.6) is 5.75 Å². The first-order valence-electron chi connectivity index (χ1n) is 4.89. The van der Waals surface area contributed by atoms with Crippen molar-refractivity contribution < 1.29 is 14.6 Å². The van der Waals surface area contributed by atoms with Gasteiger partial charge in [0.2, 0.25) is 0 Å². The highest BCUT2D eigenvalue weighted by atomic mass is 16.5. The second kappa shape index (κ2) is 5.75. The van der Waals surface area contributed by atoms with Crippen molar-refractivity contribution in [3.8, 4) is 5.75 Å². The van der Waals surface area contributed by atoms with Gasteiger partial charge in [0, 0.05) is 5.57 Å². The molecule has 1 unspecified atom stereocenters. The van der Waals surface area contributed by atoms with Crippen molar-refractivity contribution in [2.24, 2.45) is 0 Å². The number of hydrogen-bond donors (Lipinski definition) is 1. The lowest BCUT2D eigenvalue weighted by Crippen LogP contribution is -2.12. The molecular formula is C13H14O3. The van der Waals surface area contributed by atoms with Gasteiger partial charge in [-0.05, 0) is 31.2 Å². The molecule has 0 aliphatic carbocycles. The van der Waals surface area contributed by atoms with Crippen LogP contribution in [-0.2, 0) is 4.79 Å². The third-order valence-corrected chi connectivity index (χ3v) is 2.00. The zero-order valence-corrected chi connectivity index (χ0v) is 9.09. The third-order valence-electron chi connectivity index (χ3n) is 2.00. The number of hydrogen-bond acceptors (Lipinski definition) is 2. The second-order valence-electron chi connectivity index (χ2n) is 3.29. The summed E-state index contributed by atoms with van der Waals surface area (Å²) in [5, 5.41) is 8.73. The van der Waals surface area contributed by atoms with E-state index in [9.17, 15) is 4.79 Å². The van der Waals surface area contributed by atoms with Crippen LogP contribution in [0.2, 0.25) is 0 Å². The molecule has 3 nitrogen and oxygen atoms in total. The van der Waals surface area contributed by atoms with Crippen LogP contribution in [0.15, 0.2) is 54.6 Å². The Morgan fingerprint density at radius 3 is 2.56 bits per heavy atom. The largest absolute Gasteiger partial charge is 0.482 e. The third kappa shape index (κ3) is 3.61. The van der Waals surface area contributed by atoms with Crippen LogP contribution in [-0.4, -0.2) is 17.2 Å². The first-order valence-corrected chi connectivity index (χ1v) is 4.89. The summed E-state index contributed by atoms with van der Waals surface area (Å²) < 4.78 is 5.53. The Hall–Kier alpha value is -2.03. The molecule has 0 radical (unpaired) electrons. The summed E-state index contributed by atoms with van der Waals surface area (Å²) in [6, 6.07) is 9.20. The molecule has 0 amide bonds. The van der Waals surface area contributed by atoms with Crippen LogP contribution in [0.25, 0.3) is 0 Å². The second-order valence-corrected chi connectivity index (χ2v) is 3.29. The Bertz CT molecular complexity index is 393. The van der Waals surface area contributed by atoms with Gasteiger partial charge in [0.25, 0.3) is 0 Å². The van der Waals surface area contributed by atoms with Gasteiger partial charge in [-0.3, -0.25) is 0 Å². The first kappa shape index (κ1) is 12.0. The molecule has 0 aliphatic rings. The lowest BCUT2D eigenvalue weighted by molar-refractivity contribution is -0.132. The molecule has 1 atom stereocenters. The summed E-state index contributed by atoms with van der Waals surface area (Å²) in [4.78, 5) is 10.6. The van der Waals surface area contributed by atoms with Gasteiger partial charge in [0.15, 0.2) is 0 Å². The summed E-state index contributed by atoms with van der Waals surface area (Å²) >= 11 is 0. The predicted octanol–water partition coefficient (Wildman–Crippen LogP) is 2.65. The van der Waals surface area contributed by atoms with E-state index in [2.05, 4.69) is 6.58 Å². The number of ether oxygens (including phenoxy) is 1. The molecule has 84 valence electrons. The van der Waals surface area contributed by atoms with Gasteiger partial charge in [0.05, 0.1) is 0 Å². The molecule has 16 heavy (non-hydrogen) atoms. The fourth-order valence-corrected chi connectivity index (χ4v) is 1.12. The van der Waals surface area contributed by atoms with E-state index in [-0.39, 0.29) is 5.57 Å². The minimum atomic E-state index is -0.955. The van der Waals surface area contributed by atoms with Crippen molar-refractivity contribution in [3.05, 3.63) is 54.6 Å². The fraction of sp³-hybridized carbons (Fsp3) is 0.154. The average molecular weight is 218 g/mol. The van der Waals surface area contributed by atoms with Gasteiger partial charge in [-0.25, -0.2) is 4.79 Å². The average Bonchev–Trinajstić information content (AvgIpc) is 2.29. The Morgan fingerprint density at radius 1 is 1.44 bits per heavy atom. The standard InChI is InChI=1S/C13H14O3/c1-3-11(9-10(2)13(14)15)16-12-7-5-4-6-8-12/h3-9,11H,1H2,2H3,(H,14,15). The smallest absolute Gasteiger partial charge is 0.331 e. The van der Waals surface area contributed by atoms with Gasteiger partial charge in [0.1, 0.15) is 11.9 Å². The molecule has 0 saturated heterocycles. The molecular weight excluding hydrogens is 204 g/mol. The molecule has 1 N–H and O–H groups in total. The summed E-state index contributed by atoms with van der Waals surface area (Å²) in [5.74, 6) is -0.273. The Labute approximate surface area is 94.7 Å². The number of carbonyl (C=O) groups is 1. The Kier molecular flexibility index (Phi) is 4.33. The van der Waals surface area contributed by atoms with Gasteiger partial charge in [-0.2, -0.15) is 0 Å². The van der Waals surface area contributed by atoms with E-state index in [1.807, 2.05) is 18.2 Å². The number of aliphatic carboxylic acids is 1. The number of benzene rings is 1. The summed E-state index contributed by atoms with van der Waals surface area (Å²) in [5.41, 5.74) is 0.237. The molecule has 0 spiro atoms. The van der Waals surface area contributed by atoms with E-state index in [4.69, 9.17) is 9.84 Å². The van der Waals surface area contributed by atoms with Crippen LogP contribution in [0.4, 0.5) is 0 Å². The molecule has 3 heteroatoms. The zero-order valence-electron chi connectivity index (χ0n) is 9.09. The van der Waals surface area contributed by atoms with Crippen molar-refractivity contribution in [1.82, 2.24) is 0 Å². The summed E-state index contributed by atoms with van der Waals surface area (Å²) in [7, 11) is 0. The Morgan fingerprint density at radius 2 is 2.06 bits per heavy atom. The van der Waals surface area contributed by atoms with Crippen molar-refractivity contribution in [2.75, 3.05) is 0 Å². The van der Waals surface area contributed by atoms with Gasteiger partial charge >= 0.3 is 5.97 Å². The fourth-order valence-electron chi connectivity index (χ4n) is 1.12. The van der Waals surface area contributed by atoms with E-state index in [0.29, 0.717) is 5.75 Å². The molecule has 0 saturated carbocycles. The van der Waals surface area contributed by atoms with Crippen molar-refractivity contribution >= 4 is 5.97 Å². The van der Waals surface area contributed by atoms with Gasteiger partial charge in [-0.15, -0.1) is 0 Å². The van der Waals surface area contributed by atoms with Crippen LogP contribution in [0, 0.1) is 0 Å².